The summed E-state index contributed by atoms with van der Waals surface area (Å²) in [7, 11) is 0. The Kier molecular flexibility index (Phi) is 14.2. The van der Waals surface area contributed by atoms with E-state index in [0.29, 0.717) is 25.0 Å². The number of aryl methyl sites for hydroxylation is 1. The van der Waals surface area contributed by atoms with Crippen LogP contribution in [0, 0.1) is 12.3 Å². The molecule has 0 aliphatic carbocycles. The SMILES string of the molecule is C#CCCCCCc1cn(C(=O)OC(C)(C)C)c(N(C(=O)CCCCCCCCC)C(=O)OC(C)(C)C)n1. The summed E-state index contributed by atoms with van der Waals surface area (Å²) in [5.74, 6) is 2.08. The molecule has 0 bridgehead atoms. The molecule has 8 nitrogen and oxygen atoms in total. The van der Waals surface area contributed by atoms with E-state index in [4.69, 9.17) is 15.9 Å². The quantitative estimate of drug-likeness (QED) is 0.180. The molecule has 0 N–H and O–H groups in total. The summed E-state index contributed by atoms with van der Waals surface area (Å²) in [5, 5.41) is 0. The molecule has 0 saturated heterocycles. The first-order valence-electron chi connectivity index (χ1n) is 14.1. The summed E-state index contributed by atoms with van der Waals surface area (Å²) in [6.07, 6.45) is 16.6. The smallest absolute Gasteiger partial charge is 0.424 e. The predicted octanol–water partition coefficient (Wildman–Crippen LogP) is 7.81. The maximum absolute atomic E-state index is 13.4. The standard InChI is InChI=1S/C30H49N3O5/c1-9-11-13-15-16-18-20-22-25(34)33(28(36)38-30(6,7)8)26-31-24(21-19-17-14-12-10-2)23-32(26)27(35)37-29(3,4)5/h2,23H,9,11-22H2,1,3-8H3. The Balaban J connectivity index is 3.22. The van der Waals surface area contributed by atoms with Crippen LogP contribution in [0.1, 0.15) is 131 Å². The van der Waals surface area contributed by atoms with E-state index in [0.717, 1.165) is 48.0 Å². The molecule has 0 aliphatic heterocycles. The number of aromatic nitrogens is 2. The molecule has 2 amide bonds. The Labute approximate surface area is 229 Å². The number of ether oxygens (including phenoxy) is 2. The molecule has 0 spiro atoms. The maximum Gasteiger partial charge on any atom is 0.424 e. The molecule has 38 heavy (non-hydrogen) atoms. The molecule has 214 valence electrons. The molecular weight excluding hydrogens is 482 g/mol. The first-order valence-corrected chi connectivity index (χ1v) is 14.1. The molecule has 0 aliphatic rings. The molecule has 0 radical (unpaired) electrons. The fraction of sp³-hybridized carbons (Fsp3) is 0.733. The number of imidazole rings is 1. The van der Waals surface area contributed by atoms with Gasteiger partial charge in [-0.1, -0.05) is 51.9 Å². The number of nitrogens with zero attached hydrogens (tertiary/aromatic N) is 3. The summed E-state index contributed by atoms with van der Waals surface area (Å²) < 4.78 is 12.3. The van der Waals surface area contributed by atoms with E-state index in [1.165, 1.54) is 19.3 Å². The van der Waals surface area contributed by atoms with Gasteiger partial charge in [-0.2, -0.15) is 4.90 Å². The molecule has 0 atom stereocenters. The number of amides is 2. The van der Waals surface area contributed by atoms with Gasteiger partial charge < -0.3 is 9.47 Å². The average Bonchev–Trinajstić information content (AvgIpc) is 3.20. The van der Waals surface area contributed by atoms with Gasteiger partial charge in [0, 0.05) is 19.0 Å². The van der Waals surface area contributed by atoms with E-state index >= 15 is 0 Å². The third-order valence-corrected chi connectivity index (χ3v) is 5.60. The van der Waals surface area contributed by atoms with Gasteiger partial charge in [0.1, 0.15) is 11.2 Å². The maximum atomic E-state index is 13.4. The number of imide groups is 1. The first kappa shape index (κ1) is 33.2. The lowest BCUT2D eigenvalue weighted by atomic mass is 10.1. The summed E-state index contributed by atoms with van der Waals surface area (Å²) in [4.78, 5) is 45.2. The molecule has 0 aromatic carbocycles. The monoisotopic (exact) mass is 531 g/mol. The zero-order chi connectivity index (χ0) is 28.8. The van der Waals surface area contributed by atoms with Crippen LogP contribution in [0.3, 0.4) is 0 Å². The van der Waals surface area contributed by atoms with Crippen molar-refractivity contribution in [1.29, 1.82) is 0 Å². The van der Waals surface area contributed by atoms with Crippen molar-refractivity contribution in [2.75, 3.05) is 4.90 Å². The highest BCUT2D eigenvalue weighted by atomic mass is 16.6. The number of hydrogen-bond donors (Lipinski definition) is 0. The van der Waals surface area contributed by atoms with Gasteiger partial charge in [-0.05, 0) is 67.2 Å². The highest BCUT2D eigenvalue weighted by Crippen LogP contribution is 2.23. The van der Waals surface area contributed by atoms with Gasteiger partial charge in [-0.25, -0.2) is 19.1 Å². The van der Waals surface area contributed by atoms with Crippen molar-refractivity contribution < 1.29 is 23.9 Å². The fourth-order valence-electron chi connectivity index (χ4n) is 3.80. The third kappa shape index (κ3) is 13.1. The van der Waals surface area contributed by atoms with E-state index in [2.05, 4.69) is 17.8 Å². The molecular formula is C30H49N3O5. The minimum absolute atomic E-state index is 0.0972. The van der Waals surface area contributed by atoms with Crippen LogP contribution in [0.5, 0.6) is 0 Å². The normalized spacial score (nSPS) is 11.6. The van der Waals surface area contributed by atoms with Gasteiger partial charge in [-0.15, -0.1) is 12.3 Å². The van der Waals surface area contributed by atoms with E-state index in [9.17, 15) is 14.4 Å². The van der Waals surface area contributed by atoms with Crippen LogP contribution in [-0.2, 0) is 20.7 Å². The predicted molar refractivity (Wildman–Crippen MR) is 151 cm³/mol. The van der Waals surface area contributed by atoms with Gasteiger partial charge >= 0.3 is 12.2 Å². The molecule has 1 aromatic rings. The number of rotatable bonds is 14. The minimum Gasteiger partial charge on any atom is -0.443 e. The Bertz CT molecular complexity index is 931. The summed E-state index contributed by atoms with van der Waals surface area (Å²) >= 11 is 0. The van der Waals surface area contributed by atoms with Crippen molar-refractivity contribution in [3.63, 3.8) is 0 Å². The van der Waals surface area contributed by atoms with Crippen LogP contribution in [0.25, 0.3) is 0 Å². The van der Waals surface area contributed by atoms with E-state index in [1.807, 2.05) is 0 Å². The lowest BCUT2D eigenvalue weighted by Crippen LogP contribution is -2.43. The minimum atomic E-state index is -0.860. The molecule has 1 rings (SSSR count). The van der Waals surface area contributed by atoms with Gasteiger partial charge in [0.2, 0.25) is 11.9 Å². The summed E-state index contributed by atoms with van der Waals surface area (Å²) in [6.45, 7) is 12.6. The molecule has 1 heterocycles. The van der Waals surface area contributed by atoms with Crippen molar-refractivity contribution in [2.24, 2.45) is 0 Å². The Morgan fingerprint density at radius 2 is 1.47 bits per heavy atom. The molecule has 0 unspecified atom stereocenters. The van der Waals surface area contributed by atoms with Crippen molar-refractivity contribution in [2.45, 2.75) is 143 Å². The van der Waals surface area contributed by atoms with Crippen LogP contribution in [0.4, 0.5) is 15.5 Å². The van der Waals surface area contributed by atoms with Gasteiger partial charge in [0.25, 0.3) is 0 Å². The number of anilines is 1. The molecule has 8 heteroatoms. The summed E-state index contributed by atoms with van der Waals surface area (Å²) in [6, 6.07) is 0. The van der Waals surface area contributed by atoms with Crippen LogP contribution < -0.4 is 4.90 Å². The topological polar surface area (TPSA) is 90.7 Å². The lowest BCUT2D eigenvalue weighted by molar-refractivity contribution is -0.118. The highest BCUT2D eigenvalue weighted by molar-refractivity contribution is 6.11. The number of terminal acetylenes is 1. The number of hydrogen-bond acceptors (Lipinski definition) is 6. The van der Waals surface area contributed by atoms with Crippen LogP contribution in [0.15, 0.2) is 6.20 Å². The zero-order valence-electron chi connectivity index (χ0n) is 24.7. The Hall–Kier alpha value is -2.82. The van der Waals surface area contributed by atoms with Gasteiger partial charge in [-0.3, -0.25) is 4.79 Å². The second-order valence-electron chi connectivity index (χ2n) is 11.7. The fourth-order valence-corrected chi connectivity index (χ4v) is 3.80. The van der Waals surface area contributed by atoms with Crippen LogP contribution in [0.2, 0.25) is 0 Å². The average molecular weight is 532 g/mol. The molecule has 0 fully saturated rings. The molecule has 0 saturated carbocycles. The molecule has 1 aromatic heterocycles. The Morgan fingerprint density at radius 1 is 0.895 bits per heavy atom. The van der Waals surface area contributed by atoms with Gasteiger partial charge in [0.05, 0.1) is 5.69 Å². The Morgan fingerprint density at radius 3 is 2.05 bits per heavy atom. The lowest BCUT2D eigenvalue weighted by Gasteiger charge is -2.26. The zero-order valence-corrected chi connectivity index (χ0v) is 24.7. The second kappa shape index (κ2) is 16.2. The number of carbonyl (C=O) groups excluding carboxylic acids is 3. The summed E-state index contributed by atoms with van der Waals surface area (Å²) in [5.41, 5.74) is -1.02. The van der Waals surface area contributed by atoms with Crippen molar-refractivity contribution in [3.05, 3.63) is 11.9 Å². The van der Waals surface area contributed by atoms with Crippen molar-refractivity contribution in [3.8, 4) is 12.3 Å². The van der Waals surface area contributed by atoms with Crippen LogP contribution >= 0.6 is 0 Å². The third-order valence-electron chi connectivity index (χ3n) is 5.60. The van der Waals surface area contributed by atoms with Crippen molar-refractivity contribution >= 4 is 24.0 Å². The number of unbranched alkanes of at least 4 members (excludes halogenated alkanes) is 9. The second-order valence-corrected chi connectivity index (χ2v) is 11.7. The van der Waals surface area contributed by atoms with E-state index < -0.39 is 29.3 Å². The highest BCUT2D eigenvalue weighted by Gasteiger charge is 2.34. The van der Waals surface area contributed by atoms with Gasteiger partial charge in [0.15, 0.2) is 0 Å². The first-order chi connectivity index (χ1) is 17.8. The number of carbonyl (C=O) groups is 3. The van der Waals surface area contributed by atoms with Crippen molar-refractivity contribution in [1.82, 2.24) is 9.55 Å². The van der Waals surface area contributed by atoms with E-state index in [-0.39, 0.29) is 12.4 Å². The largest absolute Gasteiger partial charge is 0.443 e. The van der Waals surface area contributed by atoms with E-state index in [1.54, 1.807) is 47.7 Å². The van der Waals surface area contributed by atoms with Crippen LogP contribution in [-0.4, -0.2) is 38.8 Å².